The van der Waals surface area contributed by atoms with E-state index in [1.165, 1.54) is 24.8 Å². The number of hydrogen-bond donors (Lipinski definition) is 0. The van der Waals surface area contributed by atoms with E-state index < -0.39 is 0 Å². The summed E-state index contributed by atoms with van der Waals surface area (Å²) in [6.45, 7) is 2.39. The third kappa shape index (κ3) is 6.83. The van der Waals surface area contributed by atoms with E-state index in [1.54, 1.807) is 0 Å². The molecule has 0 radical (unpaired) electrons. The van der Waals surface area contributed by atoms with Crippen LogP contribution in [0.1, 0.15) is 50.2 Å². The van der Waals surface area contributed by atoms with Gasteiger partial charge in [-0.15, -0.1) is 0 Å². The number of methoxy groups -OCH3 is 1. The third-order valence-electron chi connectivity index (χ3n) is 7.60. The predicted octanol–water partition coefficient (Wildman–Crippen LogP) is 6.88. The van der Waals surface area contributed by atoms with E-state index in [1.807, 2.05) is 44.1 Å². The first kappa shape index (κ1) is 27.4. The standard InChI is InChI=1S/C33H40N2O3/c1-24(33(37)38-4)21-26-9-8-12-31(22-26)35(32(36)29-10-6-5-7-11-29)23-25-13-15-27(16-14-25)28-17-19-30(20-18-28)34(2)3/h8-9,12-20,22,24,29H,5-7,10-11,21,23H2,1-4H3. The van der Waals surface area contributed by atoms with Crippen LogP contribution in [0.5, 0.6) is 0 Å². The Hall–Kier alpha value is -3.60. The van der Waals surface area contributed by atoms with Crippen LogP contribution in [0, 0.1) is 11.8 Å². The Bertz CT molecular complexity index is 1210. The molecule has 3 aromatic rings. The number of nitrogens with zero attached hydrogens (tertiary/aromatic N) is 2. The Morgan fingerprint density at radius 3 is 2.08 bits per heavy atom. The van der Waals surface area contributed by atoms with Crippen LogP contribution in [0.3, 0.4) is 0 Å². The molecule has 0 aromatic heterocycles. The smallest absolute Gasteiger partial charge is 0.308 e. The third-order valence-corrected chi connectivity index (χ3v) is 7.60. The van der Waals surface area contributed by atoms with E-state index in [9.17, 15) is 9.59 Å². The number of ether oxygens (including phenoxy) is 1. The van der Waals surface area contributed by atoms with Crippen LogP contribution < -0.4 is 9.80 Å². The van der Waals surface area contributed by atoms with Gasteiger partial charge in [0.25, 0.3) is 0 Å². The van der Waals surface area contributed by atoms with Crippen molar-refractivity contribution in [3.05, 3.63) is 83.9 Å². The Kier molecular flexibility index (Phi) is 9.22. The highest BCUT2D eigenvalue weighted by atomic mass is 16.5. The van der Waals surface area contributed by atoms with E-state index in [-0.39, 0.29) is 23.7 Å². The fourth-order valence-electron chi connectivity index (χ4n) is 5.29. The molecule has 200 valence electrons. The number of esters is 1. The van der Waals surface area contributed by atoms with Crippen molar-refractivity contribution in [1.82, 2.24) is 0 Å². The predicted molar refractivity (Wildman–Crippen MR) is 155 cm³/mol. The van der Waals surface area contributed by atoms with Crippen molar-refractivity contribution in [1.29, 1.82) is 0 Å². The normalized spacial score (nSPS) is 14.5. The van der Waals surface area contributed by atoms with Crippen LogP contribution in [-0.2, 0) is 27.3 Å². The van der Waals surface area contributed by atoms with Gasteiger partial charge in [-0.05, 0) is 65.8 Å². The van der Waals surface area contributed by atoms with Crippen molar-refractivity contribution in [2.45, 2.75) is 52.0 Å². The van der Waals surface area contributed by atoms with Crippen molar-refractivity contribution >= 4 is 23.3 Å². The molecular formula is C33H40N2O3. The monoisotopic (exact) mass is 512 g/mol. The molecule has 5 nitrogen and oxygen atoms in total. The van der Waals surface area contributed by atoms with Crippen LogP contribution in [0.15, 0.2) is 72.8 Å². The van der Waals surface area contributed by atoms with Crippen molar-refractivity contribution < 1.29 is 14.3 Å². The molecule has 0 spiro atoms. The summed E-state index contributed by atoms with van der Waals surface area (Å²) in [5, 5.41) is 0. The zero-order valence-corrected chi connectivity index (χ0v) is 23.2. The number of rotatable bonds is 9. The van der Waals surface area contributed by atoms with Crippen LogP contribution in [0.25, 0.3) is 11.1 Å². The lowest BCUT2D eigenvalue weighted by molar-refractivity contribution is -0.144. The molecule has 1 aliphatic rings. The number of carbonyl (C=O) groups excluding carboxylic acids is 2. The van der Waals surface area contributed by atoms with Crippen LogP contribution in [0.4, 0.5) is 11.4 Å². The summed E-state index contributed by atoms with van der Waals surface area (Å²) in [5.74, 6) is -0.193. The first-order chi connectivity index (χ1) is 18.4. The minimum Gasteiger partial charge on any atom is -0.469 e. The summed E-state index contributed by atoms with van der Waals surface area (Å²) >= 11 is 0. The van der Waals surface area contributed by atoms with Gasteiger partial charge in [0.15, 0.2) is 0 Å². The van der Waals surface area contributed by atoms with Crippen molar-refractivity contribution in [3.8, 4) is 11.1 Å². The van der Waals surface area contributed by atoms with E-state index in [4.69, 9.17) is 4.74 Å². The van der Waals surface area contributed by atoms with Gasteiger partial charge in [-0.3, -0.25) is 9.59 Å². The molecule has 4 rings (SSSR count). The van der Waals surface area contributed by atoms with E-state index in [0.717, 1.165) is 48.1 Å². The average molecular weight is 513 g/mol. The molecule has 1 fully saturated rings. The van der Waals surface area contributed by atoms with Crippen LogP contribution in [-0.4, -0.2) is 33.1 Å². The maximum Gasteiger partial charge on any atom is 0.308 e. The fourth-order valence-corrected chi connectivity index (χ4v) is 5.29. The molecule has 0 N–H and O–H groups in total. The highest BCUT2D eigenvalue weighted by Gasteiger charge is 2.27. The molecular weight excluding hydrogens is 472 g/mol. The molecule has 0 heterocycles. The van der Waals surface area contributed by atoms with Gasteiger partial charge in [0.2, 0.25) is 5.91 Å². The molecule has 0 saturated heterocycles. The van der Waals surface area contributed by atoms with Crippen molar-refractivity contribution in [3.63, 3.8) is 0 Å². The topological polar surface area (TPSA) is 49.9 Å². The largest absolute Gasteiger partial charge is 0.469 e. The van der Waals surface area contributed by atoms with E-state index in [2.05, 4.69) is 59.5 Å². The van der Waals surface area contributed by atoms with Gasteiger partial charge in [-0.1, -0.05) is 74.7 Å². The molecule has 1 amide bonds. The van der Waals surface area contributed by atoms with E-state index >= 15 is 0 Å². The summed E-state index contributed by atoms with van der Waals surface area (Å²) in [4.78, 5) is 29.8. The Morgan fingerprint density at radius 1 is 0.842 bits per heavy atom. The Balaban J connectivity index is 1.57. The average Bonchev–Trinajstić information content (AvgIpc) is 2.96. The number of hydrogen-bond acceptors (Lipinski definition) is 4. The molecule has 5 heteroatoms. The highest BCUT2D eigenvalue weighted by molar-refractivity contribution is 5.95. The zero-order chi connectivity index (χ0) is 27.1. The van der Waals surface area contributed by atoms with Crippen molar-refractivity contribution in [2.24, 2.45) is 11.8 Å². The quantitative estimate of drug-likeness (QED) is 0.293. The van der Waals surface area contributed by atoms with Gasteiger partial charge in [0, 0.05) is 31.4 Å². The maximum absolute atomic E-state index is 13.8. The van der Waals surface area contributed by atoms with Crippen LogP contribution >= 0.6 is 0 Å². The van der Waals surface area contributed by atoms with Crippen LogP contribution in [0.2, 0.25) is 0 Å². The number of carbonyl (C=O) groups is 2. The molecule has 1 unspecified atom stereocenters. The number of benzene rings is 3. The molecule has 0 bridgehead atoms. The van der Waals surface area contributed by atoms with Gasteiger partial charge in [0.05, 0.1) is 19.6 Å². The molecule has 1 atom stereocenters. The fraction of sp³-hybridized carbons (Fsp3) is 0.394. The van der Waals surface area contributed by atoms with Gasteiger partial charge >= 0.3 is 5.97 Å². The first-order valence-electron chi connectivity index (χ1n) is 13.7. The summed E-state index contributed by atoms with van der Waals surface area (Å²) in [6.07, 6.45) is 5.92. The molecule has 3 aromatic carbocycles. The molecule has 0 aliphatic heterocycles. The number of anilines is 2. The second-order valence-corrected chi connectivity index (χ2v) is 10.7. The van der Waals surface area contributed by atoms with Crippen molar-refractivity contribution in [2.75, 3.05) is 31.0 Å². The summed E-state index contributed by atoms with van der Waals surface area (Å²) in [7, 11) is 5.50. The minimum absolute atomic E-state index is 0.0656. The van der Waals surface area contributed by atoms with E-state index in [0.29, 0.717) is 13.0 Å². The molecule has 1 saturated carbocycles. The first-order valence-corrected chi connectivity index (χ1v) is 13.7. The summed E-state index contributed by atoms with van der Waals surface area (Å²) in [6, 6.07) is 25.1. The lowest BCUT2D eigenvalue weighted by Crippen LogP contribution is -2.36. The SMILES string of the molecule is COC(=O)C(C)Cc1cccc(N(Cc2ccc(-c3ccc(N(C)C)cc3)cc2)C(=O)C2CCCCC2)c1. The van der Waals surface area contributed by atoms with Gasteiger partial charge in [0.1, 0.15) is 0 Å². The molecule has 1 aliphatic carbocycles. The van der Waals surface area contributed by atoms with Gasteiger partial charge < -0.3 is 14.5 Å². The number of amides is 1. The maximum atomic E-state index is 13.8. The zero-order valence-electron chi connectivity index (χ0n) is 23.2. The Morgan fingerprint density at radius 2 is 1.47 bits per heavy atom. The van der Waals surface area contributed by atoms with Gasteiger partial charge in [-0.25, -0.2) is 0 Å². The second-order valence-electron chi connectivity index (χ2n) is 10.7. The van der Waals surface area contributed by atoms with Gasteiger partial charge in [-0.2, -0.15) is 0 Å². The second kappa shape index (κ2) is 12.8. The lowest BCUT2D eigenvalue weighted by atomic mass is 9.88. The highest BCUT2D eigenvalue weighted by Crippen LogP contribution is 2.30. The summed E-state index contributed by atoms with van der Waals surface area (Å²) < 4.78 is 4.91. The lowest BCUT2D eigenvalue weighted by Gasteiger charge is -2.30. The summed E-state index contributed by atoms with van der Waals surface area (Å²) in [5.41, 5.74) is 6.51. The minimum atomic E-state index is -0.239. The Labute approximate surface area is 227 Å². The molecule has 38 heavy (non-hydrogen) atoms.